The van der Waals surface area contributed by atoms with Gasteiger partial charge >= 0.3 is 5.69 Å². The zero-order valence-electron chi connectivity index (χ0n) is 11.5. The molecule has 0 fully saturated rings. The molecule has 1 aromatic heterocycles. The number of nitrogens with zero attached hydrogens (tertiary/aromatic N) is 3. The fourth-order valence-electron chi connectivity index (χ4n) is 2.11. The molecule has 0 saturated heterocycles. The highest BCUT2D eigenvalue weighted by Crippen LogP contribution is 2.10. The van der Waals surface area contributed by atoms with Gasteiger partial charge in [0.25, 0.3) is 5.56 Å². The summed E-state index contributed by atoms with van der Waals surface area (Å²) in [5.41, 5.74) is 0.620. The predicted octanol–water partition coefficient (Wildman–Crippen LogP) is 1.59. The maximum atomic E-state index is 12.4. The van der Waals surface area contributed by atoms with Crippen molar-refractivity contribution < 1.29 is 0 Å². The van der Waals surface area contributed by atoms with Crippen molar-refractivity contribution in [2.75, 3.05) is 0 Å². The van der Waals surface area contributed by atoms with E-state index in [-0.39, 0.29) is 5.56 Å². The van der Waals surface area contributed by atoms with Gasteiger partial charge in [-0.2, -0.15) is 5.26 Å². The van der Waals surface area contributed by atoms with Crippen LogP contribution in [-0.4, -0.2) is 9.13 Å². The van der Waals surface area contributed by atoms with Crippen molar-refractivity contribution in [2.45, 2.75) is 26.8 Å². The van der Waals surface area contributed by atoms with Crippen molar-refractivity contribution in [3.8, 4) is 11.8 Å². The van der Waals surface area contributed by atoms with E-state index in [1.165, 1.54) is 10.8 Å². The van der Waals surface area contributed by atoms with Gasteiger partial charge in [-0.05, 0) is 25.0 Å². The van der Waals surface area contributed by atoms with Crippen LogP contribution in [0.25, 0.3) is 5.69 Å². The van der Waals surface area contributed by atoms with Crippen LogP contribution in [-0.2, 0) is 6.54 Å². The monoisotopic (exact) mass is 269 g/mol. The minimum atomic E-state index is -0.524. The number of nitriles is 1. The summed E-state index contributed by atoms with van der Waals surface area (Å²) in [6.07, 6.45) is 1.97. The standard InChI is InChI=1S/C15H15N3O2/c1-3-8-17-14(19)12(9-16)10-18(15(17)20)13-7-5-4-6-11(13)2/h4-7,10H,3,8H2,1-2H3. The van der Waals surface area contributed by atoms with Crippen LogP contribution >= 0.6 is 0 Å². The third-order valence-corrected chi connectivity index (χ3v) is 3.11. The summed E-state index contributed by atoms with van der Waals surface area (Å²) in [6.45, 7) is 4.06. The Kier molecular flexibility index (Phi) is 3.85. The van der Waals surface area contributed by atoms with Crippen LogP contribution in [0.5, 0.6) is 0 Å². The topological polar surface area (TPSA) is 67.8 Å². The lowest BCUT2D eigenvalue weighted by atomic mass is 10.2. The van der Waals surface area contributed by atoms with Crippen LogP contribution in [0, 0.1) is 18.3 Å². The predicted molar refractivity (Wildman–Crippen MR) is 76.0 cm³/mol. The molecule has 5 nitrogen and oxygen atoms in total. The summed E-state index contributed by atoms with van der Waals surface area (Å²) in [4.78, 5) is 24.4. The minimum absolute atomic E-state index is 0.0266. The van der Waals surface area contributed by atoms with Crippen LogP contribution in [0.2, 0.25) is 0 Å². The average Bonchev–Trinajstić information content (AvgIpc) is 2.45. The quantitative estimate of drug-likeness (QED) is 0.849. The molecule has 0 aliphatic carbocycles. The zero-order chi connectivity index (χ0) is 14.7. The Morgan fingerprint density at radius 3 is 2.55 bits per heavy atom. The molecule has 0 atom stereocenters. The Balaban J connectivity index is 2.82. The summed E-state index contributed by atoms with van der Waals surface area (Å²) >= 11 is 0. The number of hydrogen-bond acceptors (Lipinski definition) is 3. The molecule has 20 heavy (non-hydrogen) atoms. The Morgan fingerprint density at radius 1 is 1.25 bits per heavy atom. The SMILES string of the molecule is CCCn1c(=O)c(C#N)cn(-c2ccccc2C)c1=O. The fourth-order valence-corrected chi connectivity index (χ4v) is 2.11. The maximum Gasteiger partial charge on any atom is 0.335 e. The van der Waals surface area contributed by atoms with Gasteiger partial charge in [-0.3, -0.25) is 13.9 Å². The van der Waals surface area contributed by atoms with Crippen LogP contribution < -0.4 is 11.2 Å². The van der Waals surface area contributed by atoms with Gasteiger partial charge in [0.05, 0.1) is 5.69 Å². The Bertz CT molecular complexity index is 794. The smallest absolute Gasteiger partial charge is 0.268 e. The molecule has 0 aliphatic rings. The summed E-state index contributed by atoms with van der Waals surface area (Å²) in [6, 6.07) is 9.21. The van der Waals surface area contributed by atoms with E-state index in [0.29, 0.717) is 18.7 Å². The lowest BCUT2D eigenvalue weighted by Crippen LogP contribution is -2.40. The van der Waals surface area contributed by atoms with Crippen molar-refractivity contribution in [3.63, 3.8) is 0 Å². The lowest BCUT2D eigenvalue weighted by molar-refractivity contribution is 0.595. The Hall–Kier alpha value is -2.61. The number of rotatable bonds is 3. The van der Waals surface area contributed by atoms with Gasteiger partial charge in [0.1, 0.15) is 11.6 Å². The molecular formula is C15H15N3O2. The van der Waals surface area contributed by atoms with E-state index < -0.39 is 11.2 Å². The zero-order valence-corrected chi connectivity index (χ0v) is 11.5. The molecule has 1 heterocycles. The van der Waals surface area contributed by atoms with Crippen molar-refractivity contribution >= 4 is 0 Å². The molecule has 2 rings (SSSR count). The second kappa shape index (κ2) is 5.57. The molecular weight excluding hydrogens is 254 g/mol. The summed E-state index contributed by atoms with van der Waals surface area (Å²) in [5, 5.41) is 9.06. The molecule has 2 aromatic rings. The van der Waals surface area contributed by atoms with Crippen molar-refractivity contribution in [1.29, 1.82) is 5.26 Å². The van der Waals surface area contributed by atoms with Crippen LogP contribution in [0.15, 0.2) is 40.1 Å². The highest BCUT2D eigenvalue weighted by Gasteiger charge is 2.12. The molecule has 5 heteroatoms. The molecule has 1 aromatic carbocycles. The highest BCUT2D eigenvalue weighted by atomic mass is 16.2. The first-order valence-electron chi connectivity index (χ1n) is 6.42. The van der Waals surface area contributed by atoms with Gasteiger partial charge in [0.2, 0.25) is 0 Å². The van der Waals surface area contributed by atoms with E-state index in [4.69, 9.17) is 5.26 Å². The number of para-hydroxylation sites is 1. The van der Waals surface area contributed by atoms with E-state index in [1.54, 1.807) is 6.07 Å². The molecule has 0 spiro atoms. The summed E-state index contributed by atoms with van der Waals surface area (Å²) in [7, 11) is 0. The van der Waals surface area contributed by atoms with Crippen LogP contribution in [0.1, 0.15) is 24.5 Å². The Labute approximate surface area is 116 Å². The summed E-state index contributed by atoms with van der Waals surface area (Å²) in [5.74, 6) is 0. The highest BCUT2D eigenvalue weighted by molar-refractivity contribution is 5.41. The van der Waals surface area contributed by atoms with Gasteiger partial charge in [0, 0.05) is 12.7 Å². The third kappa shape index (κ3) is 2.28. The third-order valence-electron chi connectivity index (χ3n) is 3.11. The first-order valence-corrected chi connectivity index (χ1v) is 6.42. The van der Waals surface area contributed by atoms with Gasteiger partial charge in [-0.15, -0.1) is 0 Å². The minimum Gasteiger partial charge on any atom is -0.268 e. The fraction of sp³-hybridized carbons (Fsp3) is 0.267. The van der Waals surface area contributed by atoms with Crippen molar-refractivity contribution in [2.24, 2.45) is 0 Å². The van der Waals surface area contributed by atoms with E-state index in [9.17, 15) is 9.59 Å². The van der Waals surface area contributed by atoms with E-state index in [0.717, 1.165) is 10.1 Å². The first-order chi connectivity index (χ1) is 9.60. The second-order valence-electron chi connectivity index (χ2n) is 4.55. The number of benzene rings is 1. The molecule has 0 unspecified atom stereocenters. The molecule has 0 N–H and O–H groups in total. The van der Waals surface area contributed by atoms with Crippen LogP contribution in [0.4, 0.5) is 0 Å². The molecule has 0 saturated carbocycles. The molecule has 0 amide bonds. The Morgan fingerprint density at radius 2 is 1.95 bits per heavy atom. The number of aromatic nitrogens is 2. The molecule has 0 radical (unpaired) electrons. The van der Waals surface area contributed by atoms with Gasteiger partial charge in [-0.1, -0.05) is 25.1 Å². The normalized spacial score (nSPS) is 10.2. The first kappa shape index (κ1) is 13.8. The maximum absolute atomic E-state index is 12.4. The van der Waals surface area contributed by atoms with E-state index in [2.05, 4.69) is 0 Å². The lowest BCUT2D eigenvalue weighted by Gasteiger charge is -2.12. The summed E-state index contributed by atoms with van der Waals surface area (Å²) < 4.78 is 2.48. The van der Waals surface area contributed by atoms with E-state index >= 15 is 0 Å². The number of aryl methyl sites for hydroxylation is 1. The van der Waals surface area contributed by atoms with Gasteiger partial charge in [0.15, 0.2) is 0 Å². The van der Waals surface area contributed by atoms with Crippen molar-refractivity contribution in [1.82, 2.24) is 9.13 Å². The largest absolute Gasteiger partial charge is 0.335 e. The molecule has 0 bridgehead atoms. The molecule has 0 aliphatic heterocycles. The van der Waals surface area contributed by atoms with E-state index in [1.807, 2.05) is 38.1 Å². The molecule has 102 valence electrons. The number of hydrogen-bond donors (Lipinski definition) is 0. The van der Waals surface area contributed by atoms with Gasteiger partial charge in [-0.25, -0.2) is 4.79 Å². The van der Waals surface area contributed by atoms with Crippen LogP contribution in [0.3, 0.4) is 0 Å². The second-order valence-corrected chi connectivity index (χ2v) is 4.55. The van der Waals surface area contributed by atoms with Crippen molar-refractivity contribution in [3.05, 3.63) is 62.4 Å². The average molecular weight is 269 g/mol. The van der Waals surface area contributed by atoms with Gasteiger partial charge < -0.3 is 0 Å².